The predicted molar refractivity (Wildman–Crippen MR) is 244 cm³/mol. The molecule has 8 rings (SSSR count). The Morgan fingerprint density at radius 1 is 0.783 bits per heavy atom. The van der Waals surface area contributed by atoms with Crippen LogP contribution in [-0.2, 0) is 52.4 Å². The summed E-state index contributed by atoms with van der Waals surface area (Å²) in [4.78, 5) is 99.5. The monoisotopic (exact) mass is 949 g/mol. The third kappa shape index (κ3) is 8.64. The summed E-state index contributed by atoms with van der Waals surface area (Å²) in [5.74, 6) is -7.90. The van der Waals surface area contributed by atoms with Gasteiger partial charge in [-0.15, -0.1) is 0 Å². The standard InChI is InChI=1S/C53H59NO15/c1-29-36(66-49(62)41(57)40(32-18-10-7-11-19-32)54-46(59)33-20-12-8-13-21-33)27-53(63)45(68-48(61)35-22-14-9-15-23-35)43-51(6,44(58)42(65-30(2)55)39(29)50(53,4)5)37(67-47(60)34-24-16-17-25-34)26-38-52(43,28-64-38)69-31(3)56/h7-15,18-23,34,36-38,40-43,45,57,63H,16-17,24-28H2,1-6H3,(H,54,59)/t36-,37-,38+,40-,41+,42+,43-,45-,51+,52-,53+/m0/s1. The Morgan fingerprint density at radius 3 is 1.94 bits per heavy atom. The summed E-state index contributed by atoms with van der Waals surface area (Å²) in [6.07, 6.45) is -7.69. The number of aliphatic hydroxyl groups is 2. The number of benzene rings is 3. The Labute approximate surface area is 400 Å². The number of esters is 5. The molecule has 0 radical (unpaired) electrons. The van der Waals surface area contributed by atoms with Crippen LogP contribution in [0.3, 0.4) is 0 Å². The summed E-state index contributed by atoms with van der Waals surface area (Å²) in [6, 6.07) is 23.0. The van der Waals surface area contributed by atoms with Crippen molar-refractivity contribution in [3.8, 4) is 0 Å². The third-order valence-electron chi connectivity index (χ3n) is 15.4. The van der Waals surface area contributed by atoms with Gasteiger partial charge in [0, 0.05) is 37.7 Å². The molecule has 2 bridgehead atoms. The number of ether oxygens (including phenoxy) is 6. The number of ketones is 1. The van der Waals surface area contributed by atoms with Crippen molar-refractivity contribution in [2.24, 2.45) is 22.7 Å². The van der Waals surface area contributed by atoms with Crippen molar-refractivity contribution in [2.45, 2.75) is 134 Å². The number of rotatable bonds is 12. The van der Waals surface area contributed by atoms with Crippen LogP contribution in [0.4, 0.5) is 0 Å². The maximum Gasteiger partial charge on any atom is 0.338 e. The molecule has 4 aliphatic carbocycles. The second-order valence-corrected chi connectivity index (χ2v) is 19.7. The molecule has 4 fully saturated rings. The molecule has 11 atom stereocenters. The van der Waals surface area contributed by atoms with E-state index in [9.17, 15) is 39.0 Å². The Bertz CT molecular complexity index is 2520. The van der Waals surface area contributed by atoms with E-state index in [1.54, 1.807) is 92.7 Å². The van der Waals surface area contributed by atoms with Crippen molar-refractivity contribution in [2.75, 3.05) is 6.61 Å². The summed E-state index contributed by atoms with van der Waals surface area (Å²) in [5.41, 5.74) is -7.17. The number of aliphatic hydroxyl groups excluding tert-OH is 1. The van der Waals surface area contributed by atoms with Gasteiger partial charge < -0.3 is 44.0 Å². The highest BCUT2D eigenvalue weighted by Crippen LogP contribution is 2.65. The number of hydrogen-bond donors (Lipinski definition) is 3. The highest BCUT2D eigenvalue weighted by molar-refractivity contribution is 5.96. The fourth-order valence-corrected chi connectivity index (χ4v) is 11.7. The Kier molecular flexibility index (Phi) is 13.5. The number of fused-ring (bicyclic) bond motifs is 5. The molecule has 0 unspecified atom stereocenters. The molecule has 366 valence electrons. The van der Waals surface area contributed by atoms with E-state index in [-0.39, 0.29) is 35.3 Å². The molecule has 5 aliphatic rings. The third-order valence-corrected chi connectivity index (χ3v) is 15.4. The topological polar surface area (TPSA) is 227 Å². The van der Waals surface area contributed by atoms with Gasteiger partial charge in [0.2, 0.25) is 0 Å². The Balaban J connectivity index is 1.30. The van der Waals surface area contributed by atoms with Gasteiger partial charge in [-0.1, -0.05) is 93.4 Å². The van der Waals surface area contributed by atoms with Gasteiger partial charge in [-0.05, 0) is 67.7 Å². The van der Waals surface area contributed by atoms with Gasteiger partial charge in [0.25, 0.3) is 5.91 Å². The van der Waals surface area contributed by atoms with Crippen LogP contribution in [0.1, 0.15) is 112 Å². The molecule has 3 saturated carbocycles. The molecule has 1 amide bonds. The van der Waals surface area contributed by atoms with E-state index < -0.39 is 124 Å². The number of carbonyl (C=O) groups is 7. The predicted octanol–water partition coefficient (Wildman–Crippen LogP) is 5.48. The van der Waals surface area contributed by atoms with Crippen LogP contribution in [0.15, 0.2) is 102 Å². The molecule has 1 aliphatic heterocycles. The average molecular weight is 950 g/mol. The molecular weight excluding hydrogens is 891 g/mol. The first-order valence-corrected chi connectivity index (χ1v) is 23.5. The lowest BCUT2D eigenvalue weighted by atomic mass is 9.44. The normalized spacial score (nSPS) is 31.2. The van der Waals surface area contributed by atoms with Gasteiger partial charge in [-0.3, -0.25) is 24.0 Å². The molecular formula is C53H59NO15. The molecule has 1 saturated heterocycles. The maximum atomic E-state index is 16.2. The lowest BCUT2D eigenvalue weighted by molar-refractivity contribution is -0.346. The fourth-order valence-electron chi connectivity index (χ4n) is 11.7. The number of amides is 1. The summed E-state index contributed by atoms with van der Waals surface area (Å²) in [5, 5.41) is 28.7. The van der Waals surface area contributed by atoms with Crippen LogP contribution in [-0.4, -0.2) is 106 Å². The van der Waals surface area contributed by atoms with Crippen LogP contribution in [0.25, 0.3) is 0 Å². The van der Waals surface area contributed by atoms with Crippen molar-refractivity contribution >= 4 is 41.5 Å². The zero-order valence-electron chi connectivity index (χ0n) is 39.5. The highest BCUT2D eigenvalue weighted by atomic mass is 16.6. The first-order valence-electron chi connectivity index (χ1n) is 23.5. The fraction of sp³-hybridized carbons (Fsp3) is 0.491. The van der Waals surface area contributed by atoms with Gasteiger partial charge in [-0.2, -0.15) is 0 Å². The van der Waals surface area contributed by atoms with Crippen molar-refractivity contribution in [3.63, 3.8) is 0 Å². The quantitative estimate of drug-likeness (QED) is 0.116. The number of nitrogens with one attached hydrogen (secondary N) is 1. The van der Waals surface area contributed by atoms with Gasteiger partial charge in [-0.25, -0.2) is 9.59 Å². The van der Waals surface area contributed by atoms with E-state index in [1.165, 1.54) is 32.9 Å². The molecule has 1 heterocycles. The average Bonchev–Trinajstić information content (AvgIpc) is 3.87. The van der Waals surface area contributed by atoms with E-state index >= 15 is 4.79 Å². The minimum absolute atomic E-state index is 0.00412. The molecule has 69 heavy (non-hydrogen) atoms. The molecule has 3 aromatic rings. The van der Waals surface area contributed by atoms with Crippen molar-refractivity contribution in [1.82, 2.24) is 5.32 Å². The number of carbonyl (C=O) groups excluding carboxylic acids is 7. The second kappa shape index (κ2) is 18.9. The van der Waals surface area contributed by atoms with E-state index in [1.807, 2.05) is 0 Å². The van der Waals surface area contributed by atoms with Crippen molar-refractivity contribution in [1.29, 1.82) is 0 Å². The summed E-state index contributed by atoms with van der Waals surface area (Å²) < 4.78 is 37.5. The van der Waals surface area contributed by atoms with Crippen LogP contribution in [0.5, 0.6) is 0 Å². The van der Waals surface area contributed by atoms with Gasteiger partial charge >= 0.3 is 29.8 Å². The Hall–Kier alpha value is -6.23. The number of Topliss-reactive ketones (excluding diaryl/α,β-unsaturated/α-hetero) is 1. The van der Waals surface area contributed by atoms with Crippen molar-refractivity contribution < 1.29 is 72.2 Å². The Morgan fingerprint density at radius 2 is 1.38 bits per heavy atom. The van der Waals surface area contributed by atoms with Gasteiger partial charge in [0.15, 0.2) is 23.6 Å². The van der Waals surface area contributed by atoms with Crippen LogP contribution in [0, 0.1) is 22.7 Å². The minimum atomic E-state index is -2.43. The smallest absolute Gasteiger partial charge is 0.338 e. The zero-order valence-corrected chi connectivity index (χ0v) is 39.5. The highest BCUT2D eigenvalue weighted by Gasteiger charge is 2.79. The van der Waals surface area contributed by atoms with E-state index in [0.29, 0.717) is 18.4 Å². The lowest BCUT2D eigenvalue weighted by Crippen LogP contribution is -2.82. The molecule has 0 spiro atoms. The summed E-state index contributed by atoms with van der Waals surface area (Å²) in [6.45, 7) is 8.12. The zero-order chi connectivity index (χ0) is 49.6. The largest absolute Gasteiger partial charge is 0.461 e. The summed E-state index contributed by atoms with van der Waals surface area (Å²) >= 11 is 0. The lowest BCUT2D eigenvalue weighted by Gasteiger charge is -2.67. The number of hydrogen-bond acceptors (Lipinski definition) is 15. The molecule has 16 heteroatoms. The van der Waals surface area contributed by atoms with Gasteiger partial charge in [0.1, 0.15) is 30.0 Å². The summed E-state index contributed by atoms with van der Waals surface area (Å²) in [7, 11) is 0. The molecule has 3 aromatic carbocycles. The molecule has 0 aromatic heterocycles. The van der Waals surface area contributed by atoms with Crippen LogP contribution >= 0.6 is 0 Å². The van der Waals surface area contributed by atoms with Gasteiger partial charge in [0.05, 0.1) is 35.5 Å². The van der Waals surface area contributed by atoms with E-state index in [4.69, 9.17) is 28.4 Å². The van der Waals surface area contributed by atoms with E-state index in [0.717, 1.165) is 19.8 Å². The SMILES string of the molecule is CC(=O)O[C@H]1C(=O)[C@]2(C)[C@@H](OC(=O)C3CCCC3)C[C@H]3OC[C@@]3(OC(C)=O)[C@H]2[C@H](OC(=O)c2ccccc2)[C@]2(O)C[C@H](OC(=O)[C@H](O)[C@@H](NC(=O)c3ccccc3)c3ccccc3)C(C)=C1C2(C)C. The minimum Gasteiger partial charge on any atom is -0.461 e. The first kappa shape index (κ1) is 49.2. The van der Waals surface area contributed by atoms with Crippen molar-refractivity contribution in [3.05, 3.63) is 119 Å². The molecule has 16 nitrogen and oxygen atoms in total. The van der Waals surface area contributed by atoms with Crippen LogP contribution < -0.4 is 5.32 Å². The first-order chi connectivity index (χ1) is 32.7. The van der Waals surface area contributed by atoms with E-state index in [2.05, 4.69) is 5.32 Å². The molecule has 3 N–H and O–H groups in total. The van der Waals surface area contributed by atoms with Crippen LogP contribution in [0.2, 0.25) is 0 Å². The second-order valence-electron chi connectivity index (χ2n) is 19.7. The maximum absolute atomic E-state index is 16.2.